The minimum atomic E-state index is -0.584. The predicted octanol–water partition coefficient (Wildman–Crippen LogP) is 5.17. The van der Waals surface area contributed by atoms with Crippen molar-refractivity contribution in [2.45, 2.75) is 43.8 Å². The number of halogens is 1. The second kappa shape index (κ2) is 9.30. The number of thioether (sulfide) groups is 1. The van der Waals surface area contributed by atoms with Gasteiger partial charge in [-0.15, -0.1) is 10.2 Å². The molecule has 0 saturated heterocycles. The van der Waals surface area contributed by atoms with Crippen LogP contribution in [0.4, 0.5) is 11.4 Å². The molecule has 3 aromatic rings. The van der Waals surface area contributed by atoms with Crippen LogP contribution < -0.4 is 5.32 Å². The Morgan fingerprint density at radius 3 is 2.69 bits per heavy atom. The molecule has 2 aromatic carbocycles. The maximum absolute atomic E-state index is 12.4. The summed E-state index contributed by atoms with van der Waals surface area (Å²) in [6.45, 7) is 4.83. The van der Waals surface area contributed by atoms with Gasteiger partial charge < -0.3 is 9.88 Å². The molecule has 0 radical (unpaired) electrons. The van der Waals surface area contributed by atoms with Gasteiger partial charge in [0, 0.05) is 24.2 Å². The Morgan fingerprint density at radius 2 is 2.00 bits per heavy atom. The van der Waals surface area contributed by atoms with Crippen LogP contribution in [0.3, 0.4) is 0 Å². The molecule has 1 N–H and O–H groups in total. The van der Waals surface area contributed by atoms with Crippen LogP contribution in [-0.2, 0) is 11.3 Å². The zero-order valence-corrected chi connectivity index (χ0v) is 19.2. The Kier molecular flexibility index (Phi) is 6.48. The number of nitrogens with zero attached hydrogens (tertiary/aromatic N) is 4. The van der Waals surface area contributed by atoms with Crippen LogP contribution in [0.5, 0.6) is 0 Å². The third-order valence-electron chi connectivity index (χ3n) is 5.45. The molecule has 8 nitrogen and oxygen atoms in total. The first-order chi connectivity index (χ1) is 15.4. The van der Waals surface area contributed by atoms with Crippen molar-refractivity contribution in [2.24, 2.45) is 0 Å². The fraction of sp³-hybridized carbons (Fsp3) is 0.318. The van der Waals surface area contributed by atoms with E-state index in [4.69, 9.17) is 11.6 Å². The van der Waals surface area contributed by atoms with Crippen molar-refractivity contribution in [1.29, 1.82) is 0 Å². The number of aromatic nitrogens is 3. The molecule has 0 spiro atoms. The highest BCUT2D eigenvalue weighted by Gasteiger charge is 2.43. The van der Waals surface area contributed by atoms with Crippen molar-refractivity contribution >= 4 is 40.6 Å². The number of rotatable bonds is 8. The number of benzene rings is 2. The summed E-state index contributed by atoms with van der Waals surface area (Å²) in [5.74, 6) is 1.56. The zero-order valence-electron chi connectivity index (χ0n) is 17.6. The summed E-state index contributed by atoms with van der Waals surface area (Å²) in [7, 11) is 0. The van der Waals surface area contributed by atoms with Gasteiger partial charge in [-0.1, -0.05) is 53.2 Å². The van der Waals surface area contributed by atoms with E-state index in [1.807, 2.05) is 6.92 Å². The van der Waals surface area contributed by atoms with Gasteiger partial charge in [-0.2, -0.15) is 0 Å². The molecule has 166 valence electrons. The van der Waals surface area contributed by atoms with Gasteiger partial charge in [0.25, 0.3) is 5.69 Å². The number of nitro benzene ring substituents is 1. The van der Waals surface area contributed by atoms with Crippen LogP contribution in [0.25, 0.3) is 0 Å². The van der Waals surface area contributed by atoms with Crippen molar-refractivity contribution in [2.75, 3.05) is 11.1 Å². The molecular weight excluding hydrogens is 450 g/mol. The monoisotopic (exact) mass is 471 g/mol. The molecule has 0 aliphatic heterocycles. The molecule has 1 fully saturated rings. The highest BCUT2D eigenvalue weighted by atomic mass is 35.5. The molecule has 1 amide bonds. The number of nitro groups is 1. The predicted molar refractivity (Wildman–Crippen MR) is 124 cm³/mol. The molecule has 4 rings (SSSR count). The Hall–Kier alpha value is -2.91. The summed E-state index contributed by atoms with van der Waals surface area (Å²) in [5, 5.41) is 23.1. The third kappa shape index (κ3) is 4.78. The Labute approximate surface area is 194 Å². The standard InChI is InChI=1S/C22H22ClN5O3S/c1-3-27-21(17-11-16(17)14-6-4-13(2)5-7-14)25-26-22(27)32-12-20(29)24-15-8-9-18(23)19(10-15)28(30)31/h4-10,16-17H,3,11-12H2,1-2H3,(H,24,29)/t16-,17-/m1/s1. The Morgan fingerprint density at radius 1 is 1.25 bits per heavy atom. The van der Waals surface area contributed by atoms with Crippen molar-refractivity contribution in [3.63, 3.8) is 0 Å². The second-order valence-corrected chi connectivity index (χ2v) is 9.05. The summed E-state index contributed by atoms with van der Waals surface area (Å²) < 4.78 is 2.06. The van der Waals surface area contributed by atoms with E-state index in [0.717, 1.165) is 12.2 Å². The lowest BCUT2D eigenvalue weighted by Crippen LogP contribution is -2.15. The quantitative estimate of drug-likeness (QED) is 0.276. The van der Waals surface area contributed by atoms with Gasteiger partial charge in [-0.3, -0.25) is 14.9 Å². The molecule has 0 unspecified atom stereocenters. The summed E-state index contributed by atoms with van der Waals surface area (Å²) >= 11 is 7.11. The summed E-state index contributed by atoms with van der Waals surface area (Å²) in [5.41, 5.74) is 2.63. The highest BCUT2D eigenvalue weighted by molar-refractivity contribution is 7.99. The minimum absolute atomic E-state index is 0.0231. The van der Waals surface area contributed by atoms with Gasteiger partial charge in [0.05, 0.1) is 10.7 Å². The van der Waals surface area contributed by atoms with Crippen molar-refractivity contribution in [3.05, 3.63) is 74.6 Å². The number of carbonyl (C=O) groups is 1. The van der Waals surface area contributed by atoms with Gasteiger partial charge in [-0.25, -0.2) is 0 Å². The van der Waals surface area contributed by atoms with Gasteiger partial charge in [0.1, 0.15) is 10.8 Å². The number of hydrogen-bond acceptors (Lipinski definition) is 6. The topological polar surface area (TPSA) is 103 Å². The number of hydrogen-bond donors (Lipinski definition) is 1. The van der Waals surface area contributed by atoms with Gasteiger partial charge >= 0.3 is 0 Å². The number of aryl methyl sites for hydroxylation is 1. The zero-order chi connectivity index (χ0) is 22.8. The lowest BCUT2D eigenvalue weighted by atomic mass is 10.1. The minimum Gasteiger partial charge on any atom is -0.325 e. The molecule has 32 heavy (non-hydrogen) atoms. The first-order valence-corrected chi connectivity index (χ1v) is 11.6. The first-order valence-electron chi connectivity index (χ1n) is 10.2. The molecule has 1 heterocycles. The summed E-state index contributed by atoms with van der Waals surface area (Å²) in [6, 6.07) is 12.8. The van der Waals surface area contributed by atoms with E-state index in [1.54, 1.807) is 0 Å². The smallest absolute Gasteiger partial charge is 0.289 e. The van der Waals surface area contributed by atoms with Gasteiger partial charge in [-0.05, 0) is 43.9 Å². The van der Waals surface area contributed by atoms with E-state index in [-0.39, 0.29) is 22.4 Å². The SMILES string of the molecule is CCn1c(SCC(=O)Nc2ccc(Cl)c([N+](=O)[O-])c2)nnc1[C@@H]1C[C@@H]1c1ccc(C)cc1. The van der Waals surface area contributed by atoms with Crippen LogP contribution in [0, 0.1) is 17.0 Å². The number of carbonyl (C=O) groups excluding carboxylic acids is 1. The average Bonchev–Trinajstić information content (AvgIpc) is 3.45. The maximum atomic E-state index is 12.4. The van der Waals surface area contributed by atoms with Gasteiger partial charge in [0.2, 0.25) is 5.91 Å². The average molecular weight is 472 g/mol. The maximum Gasteiger partial charge on any atom is 0.289 e. The summed E-state index contributed by atoms with van der Waals surface area (Å²) in [4.78, 5) is 22.8. The van der Waals surface area contributed by atoms with E-state index in [0.29, 0.717) is 29.2 Å². The molecular formula is C22H22ClN5O3S. The van der Waals surface area contributed by atoms with Crippen LogP contribution in [-0.4, -0.2) is 31.3 Å². The van der Waals surface area contributed by atoms with E-state index in [2.05, 4.69) is 51.3 Å². The van der Waals surface area contributed by atoms with Crippen LogP contribution in [0.15, 0.2) is 47.6 Å². The number of nitrogens with one attached hydrogen (secondary N) is 1. The van der Waals surface area contributed by atoms with E-state index >= 15 is 0 Å². The van der Waals surface area contributed by atoms with E-state index in [1.165, 1.54) is 41.1 Å². The number of anilines is 1. The normalized spacial score (nSPS) is 17.2. The molecule has 2 atom stereocenters. The van der Waals surface area contributed by atoms with Crippen molar-refractivity contribution in [1.82, 2.24) is 14.8 Å². The van der Waals surface area contributed by atoms with Crippen molar-refractivity contribution in [3.8, 4) is 0 Å². The van der Waals surface area contributed by atoms with Crippen LogP contribution in [0.1, 0.15) is 42.1 Å². The van der Waals surface area contributed by atoms with E-state index < -0.39 is 4.92 Å². The fourth-order valence-corrected chi connectivity index (χ4v) is 4.69. The van der Waals surface area contributed by atoms with Crippen LogP contribution in [0.2, 0.25) is 5.02 Å². The van der Waals surface area contributed by atoms with Crippen molar-refractivity contribution < 1.29 is 9.72 Å². The Balaban J connectivity index is 1.39. The highest BCUT2D eigenvalue weighted by Crippen LogP contribution is 2.54. The van der Waals surface area contributed by atoms with Gasteiger partial charge in [0.15, 0.2) is 5.16 Å². The lowest BCUT2D eigenvalue weighted by Gasteiger charge is -2.08. The van der Waals surface area contributed by atoms with Crippen LogP contribution >= 0.6 is 23.4 Å². The molecule has 1 aromatic heterocycles. The first kappa shape index (κ1) is 22.3. The molecule has 0 bridgehead atoms. The molecule has 1 aliphatic rings. The van der Waals surface area contributed by atoms with E-state index in [9.17, 15) is 14.9 Å². The second-order valence-electron chi connectivity index (χ2n) is 7.70. The summed E-state index contributed by atoms with van der Waals surface area (Å²) in [6.07, 6.45) is 1.04. The molecule has 1 saturated carbocycles. The fourth-order valence-electron chi connectivity index (χ4n) is 3.70. The number of amides is 1. The molecule has 10 heteroatoms. The molecule has 1 aliphatic carbocycles. The third-order valence-corrected chi connectivity index (χ3v) is 6.73. The Bertz CT molecular complexity index is 1160. The lowest BCUT2D eigenvalue weighted by molar-refractivity contribution is -0.384. The largest absolute Gasteiger partial charge is 0.325 e.